The highest BCUT2D eigenvalue weighted by Gasteiger charge is 2.34. The van der Waals surface area contributed by atoms with E-state index in [0.29, 0.717) is 29.7 Å². The summed E-state index contributed by atoms with van der Waals surface area (Å²) in [6.45, 7) is 11.3. The van der Waals surface area contributed by atoms with E-state index < -0.39 is 5.41 Å². The van der Waals surface area contributed by atoms with Crippen LogP contribution >= 0.6 is 0 Å². The van der Waals surface area contributed by atoms with Gasteiger partial charge in [-0.3, -0.25) is 14.2 Å². The van der Waals surface area contributed by atoms with Gasteiger partial charge in [-0.1, -0.05) is 58.9 Å². The summed E-state index contributed by atoms with van der Waals surface area (Å²) in [5.41, 5.74) is 1.96. The van der Waals surface area contributed by atoms with Gasteiger partial charge in [0.25, 0.3) is 5.56 Å². The lowest BCUT2D eigenvalue weighted by Gasteiger charge is -2.37. The molecule has 1 atom stereocenters. The lowest BCUT2D eigenvalue weighted by atomic mass is 9.93. The third-order valence-electron chi connectivity index (χ3n) is 6.16. The Labute approximate surface area is 203 Å². The molecule has 0 spiro atoms. The Morgan fingerprint density at radius 1 is 1.00 bits per heavy atom. The maximum atomic E-state index is 13.8. The number of aryl methyl sites for hydroxylation is 1. The van der Waals surface area contributed by atoms with Gasteiger partial charge in [-0.2, -0.15) is 0 Å². The largest absolute Gasteiger partial charge is 0.331 e. The second kappa shape index (κ2) is 10.5. The number of aromatic nitrogens is 2. The molecule has 0 aliphatic rings. The van der Waals surface area contributed by atoms with Crippen LogP contribution in [0.25, 0.3) is 16.6 Å². The third-order valence-corrected chi connectivity index (χ3v) is 6.16. The molecule has 182 valence electrons. The summed E-state index contributed by atoms with van der Waals surface area (Å²) in [5.74, 6) is 0.656. The highest BCUT2D eigenvalue weighted by molar-refractivity contribution is 5.82. The molecule has 6 nitrogen and oxygen atoms in total. The molecule has 1 unspecified atom stereocenters. The van der Waals surface area contributed by atoms with Crippen molar-refractivity contribution < 1.29 is 4.79 Å². The van der Waals surface area contributed by atoms with Crippen LogP contribution in [0.3, 0.4) is 0 Å². The van der Waals surface area contributed by atoms with Crippen molar-refractivity contribution in [2.24, 2.45) is 5.41 Å². The normalized spacial score (nSPS) is 12.8. The Balaban J connectivity index is 2.28. The summed E-state index contributed by atoms with van der Waals surface area (Å²) in [6.07, 6.45) is 1.57. The number of rotatable bonds is 8. The van der Waals surface area contributed by atoms with Crippen LogP contribution in [0.15, 0.2) is 53.3 Å². The topological polar surface area (TPSA) is 58.4 Å². The van der Waals surface area contributed by atoms with Crippen molar-refractivity contribution in [1.82, 2.24) is 19.4 Å². The van der Waals surface area contributed by atoms with E-state index in [0.717, 1.165) is 18.7 Å². The van der Waals surface area contributed by atoms with E-state index in [1.165, 1.54) is 5.56 Å². The highest BCUT2D eigenvalue weighted by atomic mass is 16.2. The van der Waals surface area contributed by atoms with E-state index in [1.807, 2.05) is 88.3 Å². The summed E-state index contributed by atoms with van der Waals surface area (Å²) < 4.78 is 1.70. The summed E-state index contributed by atoms with van der Waals surface area (Å²) in [6, 6.07) is 15.1. The Morgan fingerprint density at radius 2 is 1.65 bits per heavy atom. The van der Waals surface area contributed by atoms with E-state index in [4.69, 9.17) is 4.98 Å². The molecule has 0 aliphatic carbocycles. The van der Waals surface area contributed by atoms with Crippen LogP contribution in [0.5, 0.6) is 0 Å². The van der Waals surface area contributed by atoms with Crippen LogP contribution in [-0.2, 0) is 11.2 Å². The fourth-order valence-corrected chi connectivity index (χ4v) is 4.18. The highest BCUT2D eigenvalue weighted by Crippen LogP contribution is 2.30. The van der Waals surface area contributed by atoms with Crippen LogP contribution in [-0.4, -0.2) is 52.4 Å². The molecule has 0 radical (unpaired) electrons. The number of hydrogen-bond acceptors (Lipinski definition) is 4. The maximum absolute atomic E-state index is 13.8. The standard InChI is InChI=1S/C28H38N4O2/c1-8-20-14-16-21(17-15-20)32-25(29-23-13-11-10-12-22(23)26(32)33)24(9-2)31(19-18-30(6)7)27(34)28(3,4)5/h10-17,24H,8-9,18-19H2,1-7H3. The second-order valence-corrected chi connectivity index (χ2v) is 10.1. The van der Waals surface area contributed by atoms with Crippen LogP contribution in [0.4, 0.5) is 0 Å². The number of nitrogens with zero attached hydrogens (tertiary/aromatic N) is 4. The van der Waals surface area contributed by atoms with Gasteiger partial charge in [-0.15, -0.1) is 0 Å². The molecule has 1 heterocycles. The number of carbonyl (C=O) groups excluding carboxylic acids is 1. The van der Waals surface area contributed by atoms with Gasteiger partial charge in [-0.25, -0.2) is 4.98 Å². The lowest BCUT2D eigenvalue weighted by Crippen LogP contribution is -2.46. The average Bonchev–Trinajstić information content (AvgIpc) is 2.81. The molecule has 3 rings (SSSR count). The number of amides is 1. The van der Waals surface area contributed by atoms with E-state index in [1.54, 1.807) is 4.57 Å². The van der Waals surface area contributed by atoms with Gasteiger partial charge in [0.05, 0.1) is 22.6 Å². The van der Waals surface area contributed by atoms with Crippen LogP contribution in [0.2, 0.25) is 0 Å². The molecule has 2 aromatic carbocycles. The zero-order valence-electron chi connectivity index (χ0n) is 21.6. The molecule has 0 saturated heterocycles. The minimum absolute atomic E-state index is 0.0523. The summed E-state index contributed by atoms with van der Waals surface area (Å²) in [5, 5.41) is 0.572. The number of fused-ring (bicyclic) bond motifs is 1. The Kier molecular flexibility index (Phi) is 7.93. The predicted octanol–water partition coefficient (Wildman–Crippen LogP) is 4.84. The van der Waals surface area contributed by atoms with Gasteiger partial charge in [-0.05, 0) is 56.8 Å². The zero-order valence-corrected chi connectivity index (χ0v) is 21.6. The molecule has 1 amide bonds. The molecule has 0 saturated carbocycles. The van der Waals surface area contributed by atoms with Gasteiger partial charge in [0.1, 0.15) is 5.82 Å². The maximum Gasteiger partial charge on any atom is 0.266 e. The Bertz CT molecular complexity index is 1190. The number of para-hydroxylation sites is 1. The van der Waals surface area contributed by atoms with E-state index in [2.05, 4.69) is 18.7 Å². The number of benzene rings is 2. The summed E-state index contributed by atoms with van der Waals surface area (Å²) >= 11 is 0. The van der Waals surface area contributed by atoms with Gasteiger partial charge in [0.15, 0.2) is 0 Å². The fourth-order valence-electron chi connectivity index (χ4n) is 4.18. The minimum Gasteiger partial charge on any atom is -0.331 e. The smallest absolute Gasteiger partial charge is 0.266 e. The molecular weight excluding hydrogens is 424 g/mol. The SMILES string of the molecule is CCc1ccc(-n2c(C(CC)N(CCN(C)C)C(=O)C(C)(C)C)nc3ccccc3c2=O)cc1. The number of carbonyl (C=O) groups is 1. The molecule has 0 bridgehead atoms. The molecular formula is C28H38N4O2. The van der Waals surface area contributed by atoms with Crippen molar-refractivity contribution in [2.75, 3.05) is 27.2 Å². The zero-order chi connectivity index (χ0) is 25.0. The van der Waals surface area contributed by atoms with Crippen LogP contribution in [0.1, 0.15) is 58.5 Å². The number of hydrogen-bond donors (Lipinski definition) is 0. The molecule has 0 N–H and O–H groups in total. The van der Waals surface area contributed by atoms with E-state index >= 15 is 0 Å². The summed E-state index contributed by atoms with van der Waals surface area (Å²) in [7, 11) is 4.00. The van der Waals surface area contributed by atoms with Crippen molar-refractivity contribution in [3.63, 3.8) is 0 Å². The van der Waals surface area contributed by atoms with Gasteiger partial charge in [0.2, 0.25) is 5.91 Å². The van der Waals surface area contributed by atoms with Gasteiger partial charge >= 0.3 is 0 Å². The quantitative estimate of drug-likeness (QED) is 0.481. The average molecular weight is 463 g/mol. The van der Waals surface area contributed by atoms with Gasteiger partial charge in [0, 0.05) is 18.5 Å². The fraction of sp³-hybridized carbons (Fsp3) is 0.464. The van der Waals surface area contributed by atoms with Crippen molar-refractivity contribution in [1.29, 1.82) is 0 Å². The van der Waals surface area contributed by atoms with Crippen molar-refractivity contribution in [2.45, 2.75) is 53.5 Å². The minimum atomic E-state index is -0.551. The third kappa shape index (κ3) is 5.39. The van der Waals surface area contributed by atoms with Crippen molar-refractivity contribution in [3.8, 4) is 5.69 Å². The van der Waals surface area contributed by atoms with Crippen LogP contribution in [0, 0.1) is 5.41 Å². The van der Waals surface area contributed by atoms with Gasteiger partial charge < -0.3 is 9.80 Å². The van der Waals surface area contributed by atoms with E-state index in [9.17, 15) is 9.59 Å². The van der Waals surface area contributed by atoms with Crippen molar-refractivity contribution in [3.05, 3.63) is 70.3 Å². The predicted molar refractivity (Wildman–Crippen MR) is 139 cm³/mol. The lowest BCUT2D eigenvalue weighted by molar-refractivity contribution is -0.142. The molecule has 3 aromatic rings. The summed E-state index contributed by atoms with van der Waals surface area (Å²) in [4.78, 5) is 36.4. The molecule has 34 heavy (non-hydrogen) atoms. The molecule has 6 heteroatoms. The number of likely N-dealkylation sites (N-methyl/N-ethyl adjacent to an activating group) is 1. The molecule has 0 fully saturated rings. The first kappa shape index (κ1) is 25.6. The van der Waals surface area contributed by atoms with E-state index in [-0.39, 0.29) is 17.5 Å². The second-order valence-electron chi connectivity index (χ2n) is 10.1. The van der Waals surface area contributed by atoms with Crippen molar-refractivity contribution >= 4 is 16.8 Å². The van der Waals surface area contributed by atoms with Crippen LogP contribution < -0.4 is 5.56 Å². The Morgan fingerprint density at radius 3 is 2.21 bits per heavy atom. The molecule has 1 aromatic heterocycles. The monoisotopic (exact) mass is 462 g/mol. The molecule has 0 aliphatic heterocycles. The Hall–Kier alpha value is -2.99. The first-order valence-corrected chi connectivity index (χ1v) is 12.1. The first-order chi connectivity index (χ1) is 16.1. The first-order valence-electron chi connectivity index (χ1n) is 12.1.